The lowest BCUT2D eigenvalue weighted by Gasteiger charge is -2.13. The number of thiophene rings is 1. The molecule has 0 atom stereocenters. The Labute approximate surface area is 135 Å². The van der Waals surface area contributed by atoms with Crippen LogP contribution in [-0.2, 0) is 16.1 Å². The van der Waals surface area contributed by atoms with E-state index in [0.717, 1.165) is 20.4 Å². The first-order valence-corrected chi connectivity index (χ1v) is 8.58. The number of nitrogens with zero attached hydrogens (tertiary/aromatic N) is 3. The van der Waals surface area contributed by atoms with E-state index in [4.69, 9.17) is 0 Å². The van der Waals surface area contributed by atoms with Crippen LogP contribution in [0.4, 0.5) is 4.79 Å². The SMILES string of the molecule is CCCN1C(=O)C(=O)N(Cc2csc(-c3ccsc3)n2)C1=O. The number of thiazole rings is 1. The van der Waals surface area contributed by atoms with Gasteiger partial charge in [-0.2, -0.15) is 11.3 Å². The Kier molecular flexibility index (Phi) is 4.04. The van der Waals surface area contributed by atoms with Crippen molar-refractivity contribution >= 4 is 40.5 Å². The fourth-order valence-electron chi connectivity index (χ4n) is 2.17. The molecule has 1 fully saturated rings. The van der Waals surface area contributed by atoms with Gasteiger partial charge in [-0.25, -0.2) is 14.7 Å². The second-order valence-corrected chi connectivity index (χ2v) is 6.42. The van der Waals surface area contributed by atoms with Gasteiger partial charge in [0.15, 0.2) is 0 Å². The Morgan fingerprint density at radius 2 is 1.91 bits per heavy atom. The van der Waals surface area contributed by atoms with Crippen molar-refractivity contribution in [2.75, 3.05) is 6.54 Å². The van der Waals surface area contributed by atoms with Crippen molar-refractivity contribution in [2.45, 2.75) is 19.9 Å². The van der Waals surface area contributed by atoms with Gasteiger partial charge in [-0.15, -0.1) is 11.3 Å². The molecule has 0 aromatic carbocycles. The van der Waals surface area contributed by atoms with Crippen molar-refractivity contribution in [3.63, 3.8) is 0 Å². The monoisotopic (exact) mass is 335 g/mol. The minimum absolute atomic E-state index is 0.0320. The molecule has 0 unspecified atom stereocenters. The van der Waals surface area contributed by atoms with Crippen LogP contribution in [0, 0.1) is 0 Å². The van der Waals surface area contributed by atoms with E-state index >= 15 is 0 Å². The van der Waals surface area contributed by atoms with Crippen LogP contribution in [0.5, 0.6) is 0 Å². The Bertz CT molecular complexity index is 724. The third-order valence-electron chi connectivity index (χ3n) is 3.22. The highest BCUT2D eigenvalue weighted by atomic mass is 32.1. The topological polar surface area (TPSA) is 70.6 Å². The molecule has 1 aliphatic rings. The minimum atomic E-state index is -0.775. The predicted octanol–water partition coefficient (Wildman–Crippen LogP) is 2.57. The zero-order valence-electron chi connectivity index (χ0n) is 11.8. The van der Waals surface area contributed by atoms with Crippen molar-refractivity contribution in [1.29, 1.82) is 0 Å². The van der Waals surface area contributed by atoms with Gasteiger partial charge in [0.05, 0.1) is 12.2 Å². The highest BCUT2D eigenvalue weighted by Gasteiger charge is 2.44. The fraction of sp³-hybridized carbons (Fsp3) is 0.286. The Hall–Kier alpha value is -2.06. The summed E-state index contributed by atoms with van der Waals surface area (Å²) in [5, 5.41) is 6.60. The lowest BCUT2D eigenvalue weighted by atomic mass is 10.3. The zero-order valence-corrected chi connectivity index (χ0v) is 13.4. The minimum Gasteiger partial charge on any atom is -0.263 e. The van der Waals surface area contributed by atoms with Gasteiger partial charge < -0.3 is 0 Å². The molecule has 3 heterocycles. The van der Waals surface area contributed by atoms with Crippen LogP contribution >= 0.6 is 22.7 Å². The van der Waals surface area contributed by atoms with Crippen molar-refractivity contribution in [3.05, 3.63) is 27.9 Å². The predicted molar refractivity (Wildman–Crippen MR) is 83.4 cm³/mol. The molecule has 22 heavy (non-hydrogen) atoms. The summed E-state index contributed by atoms with van der Waals surface area (Å²) in [6, 6.07) is 1.41. The zero-order chi connectivity index (χ0) is 15.7. The number of carbonyl (C=O) groups excluding carboxylic acids is 3. The number of amides is 4. The number of urea groups is 1. The van der Waals surface area contributed by atoms with E-state index in [2.05, 4.69) is 4.98 Å². The largest absolute Gasteiger partial charge is 0.334 e. The quantitative estimate of drug-likeness (QED) is 0.622. The van der Waals surface area contributed by atoms with Crippen LogP contribution in [0.25, 0.3) is 10.6 Å². The standard InChI is InChI=1S/C14H13N3O3S2/c1-2-4-16-12(18)13(19)17(14(16)20)6-10-8-22-11(15-10)9-3-5-21-7-9/h3,5,7-8H,2,4,6H2,1H3. The van der Waals surface area contributed by atoms with Gasteiger partial charge in [0, 0.05) is 22.9 Å². The number of carbonyl (C=O) groups is 3. The third-order valence-corrected chi connectivity index (χ3v) is 4.85. The van der Waals surface area contributed by atoms with Crippen LogP contribution in [-0.4, -0.2) is 39.2 Å². The summed E-state index contributed by atoms with van der Waals surface area (Å²) in [5.41, 5.74) is 1.63. The summed E-state index contributed by atoms with van der Waals surface area (Å²) in [6.45, 7) is 2.14. The summed E-state index contributed by atoms with van der Waals surface area (Å²) >= 11 is 3.03. The number of hydrogen-bond donors (Lipinski definition) is 0. The molecular weight excluding hydrogens is 322 g/mol. The smallest absolute Gasteiger partial charge is 0.263 e. The van der Waals surface area contributed by atoms with Crippen LogP contribution in [0.2, 0.25) is 0 Å². The van der Waals surface area contributed by atoms with Crippen LogP contribution in [0.15, 0.2) is 22.2 Å². The third kappa shape index (κ3) is 2.55. The van der Waals surface area contributed by atoms with Gasteiger partial charge in [-0.05, 0) is 17.9 Å². The van der Waals surface area contributed by atoms with Gasteiger partial charge in [0.2, 0.25) is 0 Å². The lowest BCUT2D eigenvalue weighted by molar-refractivity contribution is -0.143. The van der Waals surface area contributed by atoms with E-state index in [1.54, 1.807) is 16.7 Å². The molecular formula is C14H13N3O3S2. The maximum Gasteiger partial charge on any atom is 0.334 e. The molecule has 114 valence electrons. The molecule has 0 saturated carbocycles. The first-order chi connectivity index (χ1) is 10.6. The van der Waals surface area contributed by atoms with E-state index in [9.17, 15) is 14.4 Å². The summed E-state index contributed by atoms with van der Waals surface area (Å²) in [6.07, 6.45) is 0.623. The number of rotatable bonds is 5. The molecule has 8 heteroatoms. The van der Waals surface area contributed by atoms with E-state index < -0.39 is 17.8 Å². The summed E-state index contributed by atoms with van der Waals surface area (Å²) in [4.78, 5) is 42.3. The van der Waals surface area contributed by atoms with Gasteiger partial charge in [-0.1, -0.05) is 6.92 Å². The van der Waals surface area contributed by atoms with Crippen molar-refractivity contribution in [2.24, 2.45) is 0 Å². The van der Waals surface area contributed by atoms with E-state index in [1.165, 1.54) is 11.3 Å². The first-order valence-electron chi connectivity index (χ1n) is 6.76. The number of imide groups is 2. The molecule has 0 spiro atoms. The summed E-state index contributed by atoms with van der Waals surface area (Å²) < 4.78 is 0. The van der Waals surface area contributed by atoms with Gasteiger partial charge in [0.1, 0.15) is 5.01 Å². The molecule has 1 aliphatic heterocycles. The maximum atomic E-state index is 12.1. The van der Waals surface area contributed by atoms with Crippen LogP contribution in [0.3, 0.4) is 0 Å². The van der Waals surface area contributed by atoms with Crippen molar-refractivity contribution in [3.8, 4) is 10.6 Å². The maximum absolute atomic E-state index is 12.1. The summed E-state index contributed by atoms with van der Waals surface area (Å²) in [5.74, 6) is -1.52. The summed E-state index contributed by atoms with van der Waals surface area (Å²) in [7, 11) is 0. The van der Waals surface area contributed by atoms with Crippen molar-refractivity contribution < 1.29 is 14.4 Å². The van der Waals surface area contributed by atoms with Crippen LogP contribution < -0.4 is 0 Å². The Morgan fingerprint density at radius 3 is 2.59 bits per heavy atom. The average Bonchev–Trinajstić information content (AvgIpc) is 3.21. The normalized spacial score (nSPS) is 15.2. The first kappa shape index (κ1) is 14.9. The Morgan fingerprint density at radius 1 is 1.14 bits per heavy atom. The molecule has 0 radical (unpaired) electrons. The lowest BCUT2D eigenvalue weighted by Crippen LogP contribution is -2.33. The molecule has 6 nitrogen and oxygen atoms in total. The second-order valence-electron chi connectivity index (χ2n) is 4.79. The molecule has 1 saturated heterocycles. The average molecular weight is 335 g/mol. The van der Waals surface area contributed by atoms with Gasteiger partial charge >= 0.3 is 17.8 Å². The number of aromatic nitrogens is 1. The molecule has 4 amide bonds. The van der Waals surface area contributed by atoms with Crippen molar-refractivity contribution in [1.82, 2.24) is 14.8 Å². The van der Waals surface area contributed by atoms with E-state index in [-0.39, 0.29) is 13.1 Å². The fourth-order valence-corrected chi connectivity index (χ4v) is 3.69. The highest BCUT2D eigenvalue weighted by molar-refractivity contribution is 7.14. The Balaban J connectivity index is 1.77. The molecule has 0 aliphatic carbocycles. The highest BCUT2D eigenvalue weighted by Crippen LogP contribution is 2.26. The van der Waals surface area contributed by atoms with E-state index in [0.29, 0.717) is 12.1 Å². The molecule has 0 bridgehead atoms. The molecule has 2 aromatic rings. The molecule has 0 N–H and O–H groups in total. The van der Waals surface area contributed by atoms with Gasteiger partial charge in [0.25, 0.3) is 0 Å². The molecule has 2 aromatic heterocycles. The van der Waals surface area contributed by atoms with Crippen LogP contribution in [0.1, 0.15) is 19.0 Å². The van der Waals surface area contributed by atoms with Gasteiger partial charge in [-0.3, -0.25) is 14.5 Å². The van der Waals surface area contributed by atoms with E-state index in [1.807, 2.05) is 23.8 Å². The molecule has 3 rings (SSSR count). The second kappa shape index (κ2) is 5.98. The number of hydrogen-bond acceptors (Lipinski definition) is 6.